The first-order valence-electron chi connectivity index (χ1n) is 19.6. The lowest BCUT2D eigenvalue weighted by Crippen LogP contribution is -2.33. The Kier molecular flexibility index (Phi) is 6.67. The van der Waals surface area contributed by atoms with Crippen LogP contribution in [0.5, 0.6) is 0 Å². The van der Waals surface area contributed by atoms with E-state index in [2.05, 4.69) is 187 Å². The largest absolute Gasteiger partial charge is 0.309 e. The highest BCUT2D eigenvalue weighted by Crippen LogP contribution is 2.61. The molecule has 0 N–H and O–H groups in total. The van der Waals surface area contributed by atoms with E-state index in [1.807, 2.05) is 6.07 Å². The number of hydrogen-bond donors (Lipinski definition) is 0. The van der Waals surface area contributed by atoms with E-state index in [4.69, 9.17) is 9.97 Å². The van der Waals surface area contributed by atoms with Crippen LogP contribution >= 0.6 is 0 Å². The Morgan fingerprint density at radius 2 is 1.16 bits per heavy atom. The normalized spacial score (nSPS) is 16.2. The summed E-state index contributed by atoms with van der Waals surface area (Å²) in [5.74, 6) is 0.735. The summed E-state index contributed by atoms with van der Waals surface area (Å²) in [6, 6.07) is 62.4. The summed E-state index contributed by atoms with van der Waals surface area (Å²) in [5.41, 5.74) is 18.7. The molecular weight excluding hydrogens is 679 g/mol. The lowest BCUT2D eigenvalue weighted by atomic mass is 9.65. The third kappa shape index (κ3) is 4.34. The quantitative estimate of drug-likeness (QED) is 0.182. The third-order valence-corrected chi connectivity index (χ3v) is 12.3. The van der Waals surface area contributed by atoms with Crippen molar-refractivity contribution in [3.63, 3.8) is 0 Å². The second-order valence-electron chi connectivity index (χ2n) is 15.2. The molecule has 2 aliphatic carbocycles. The van der Waals surface area contributed by atoms with E-state index < -0.39 is 5.41 Å². The van der Waals surface area contributed by atoms with Crippen LogP contribution in [0.2, 0.25) is 0 Å². The average molecular weight is 714 g/mol. The van der Waals surface area contributed by atoms with Gasteiger partial charge in [0, 0.05) is 21.9 Å². The number of allylic oxidation sites excluding steroid dienone is 4. The van der Waals surface area contributed by atoms with Gasteiger partial charge in [-0.15, -0.1) is 0 Å². The summed E-state index contributed by atoms with van der Waals surface area (Å²) in [5, 5.41) is 2.58. The van der Waals surface area contributed by atoms with E-state index >= 15 is 0 Å². The summed E-state index contributed by atoms with van der Waals surface area (Å²) in [6.45, 7) is 0. The van der Waals surface area contributed by atoms with Crippen LogP contribution in [0.4, 0.5) is 0 Å². The smallest absolute Gasteiger partial charge is 0.160 e. The van der Waals surface area contributed by atoms with E-state index in [1.54, 1.807) is 0 Å². The highest BCUT2D eigenvalue weighted by Gasteiger charge is 2.50. The van der Waals surface area contributed by atoms with Crippen LogP contribution in [-0.4, -0.2) is 14.5 Å². The average Bonchev–Trinajstić information content (AvgIpc) is 3.77. The molecule has 3 nitrogen and oxygen atoms in total. The zero-order valence-corrected chi connectivity index (χ0v) is 30.7. The Hall–Kier alpha value is -7.10. The summed E-state index contributed by atoms with van der Waals surface area (Å²) < 4.78 is 2.51. The minimum atomic E-state index is -0.479. The van der Waals surface area contributed by atoms with E-state index in [1.165, 1.54) is 66.4 Å². The van der Waals surface area contributed by atoms with Crippen molar-refractivity contribution in [2.24, 2.45) is 0 Å². The molecule has 262 valence electrons. The molecule has 0 amide bonds. The summed E-state index contributed by atoms with van der Waals surface area (Å²) in [7, 11) is 0. The SMILES string of the molecule is C1=CC(c2cc(-c3ccccc3)nc(-c3ccc(-c4ccc5c(c4)C4(c6ccccc6-5)c5ccccc5-n5c6ccccc6c6cccc4c65)cc3)n2)=CCC1. The fraction of sp³-hybridized carbons (Fsp3) is 0.0566. The number of benzene rings is 7. The van der Waals surface area contributed by atoms with Gasteiger partial charge in [0.05, 0.1) is 33.5 Å². The molecule has 1 aliphatic heterocycles. The summed E-state index contributed by atoms with van der Waals surface area (Å²) in [6.07, 6.45) is 8.80. The Morgan fingerprint density at radius 3 is 2.04 bits per heavy atom. The molecule has 12 rings (SSSR count). The molecule has 7 aromatic carbocycles. The molecule has 3 heterocycles. The Labute approximate surface area is 325 Å². The Morgan fingerprint density at radius 1 is 0.464 bits per heavy atom. The Bertz CT molecular complexity index is 3130. The molecule has 1 spiro atoms. The lowest BCUT2D eigenvalue weighted by molar-refractivity contribution is 0.749. The van der Waals surface area contributed by atoms with Crippen molar-refractivity contribution in [3.05, 3.63) is 216 Å². The van der Waals surface area contributed by atoms with Crippen LogP contribution in [0.1, 0.15) is 40.8 Å². The van der Waals surface area contributed by atoms with Crippen LogP contribution in [0.25, 0.3) is 78.0 Å². The molecular formula is C53H35N3. The predicted octanol–water partition coefficient (Wildman–Crippen LogP) is 13.0. The van der Waals surface area contributed by atoms with Crippen LogP contribution in [-0.2, 0) is 5.41 Å². The standard InChI is InChI=1S/C53H35N3/c1-3-14-35(15-4-1)47-33-48(36-16-5-2-6-17-36)55-52(54-47)37-28-26-34(27-29-37)38-30-31-40-39-18-7-9-21-43(39)53(46(40)32-38)44-22-10-12-25-50(44)56-49-24-11-8-19-41(49)42-20-13-23-45(53)51(42)56/h1,3-5,7-33H,2,6H2. The second kappa shape index (κ2) is 11.9. The highest BCUT2D eigenvalue weighted by molar-refractivity contribution is 6.12. The van der Waals surface area contributed by atoms with Crippen molar-refractivity contribution in [1.29, 1.82) is 0 Å². The van der Waals surface area contributed by atoms with Gasteiger partial charge in [-0.25, -0.2) is 9.97 Å². The van der Waals surface area contributed by atoms with Gasteiger partial charge in [0.25, 0.3) is 0 Å². The fourth-order valence-electron chi connectivity index (χ4n) is 9.84. The van der Waals surface area contributed by atoms with Gasteiger partial charge in [-0.2, -0.15) is 0 Å². The van der Waals surface area contributed by atoms with E-state index in [9.17, 15) is 0 Å². The van der Waals surface area contributed by atoms with Crippen molar-refractivity contribution in [2.45, 2.75) is 18.3 Å². The van der Waals surface area contributed by atoms with Crippen LogP contribution in [0.15, 0.2) is 188 Å². The van der Waals surface area contributed by atoms with Crippen LogP contribution < -0.4 is 0 Å². The molecule has 3 aliphatic rings. The van der Waals surface area contributed by atoms with Gasteiger partial charge in [0.1, 0.15) is 0 Å². The minimum Gasteiger partial charge on any atom is -0.309 e. The predicted molar refractivity (Wildman–Crippen MR) is 230 cm³/mol. The highest BCUT2D eigenvalue weighted by atomic mass is 15.0. The topological polar surface area (TPSA) is 30.7 Å². The molecule has 0 bridgehead atoms. The molecule has 9 aromatic rings. The summed E-state index contributed by atoms with van der Waals surface area (Å²) in [4.78, 5) is 10.2. The molecule has 0 saturated carbocycles. The molecule has 2 aromatic heterocycles. The maximum atomic E-state index is 5.12. The van der Waals surface area contributed by atoms with Gasteiger partial charge in [-0.05, 0) is 87.2 Å². The van der Waals surface area contributed by atoms with Gasteiger partial charge in [-0.3, -0.25) is 0 Å². The van der Waals surface area contributed by atoms with Crippen LogP contribution in [0.3, 0.4) is 0 Å². The number of para-hydroxylation sites is 3. The van der Waals surface area contributed by atoms with E-state index in [-0.39, 0.29) is 0 Å². The first kappa shape index (κ1) is 31.3. The van der Waals surface area contributed by atoms with Crippen molar-refractivity contribution in [1.82, 2.24) is 14.5 Å². The van der Waals surface area contributed by atoms with Crippen LogP contribution in [0, 0.1) is 0 Å². The number of nitrogens with zero attached hydrogens (tertiary/aromatic N) is 3. The molecule has 0 saturated heterocycles. The molecule has 1 atom stereocenters. The minimum absolute atomic E-state index is 0.479. The third-order valence-electron chi connectivity index (χ3n) is 12.3. The van der Waals surface area contributed by atoms with Crippen molar-refractivity contribution >= 4 is 27.4 Å². The molecule has 1 unspecified atom stereocenters. The maximum absolute atomic E-state index is 5.12. The van der Waals surface area contributed by atoms with Gasteiger partial charge < -0.3 is 4.57 Å². The van der Waals surface area contributed by atoms with Crippen molar-refractivity contribution in [3.8, 4) is 50.6 Å². The number of hydrogen-bond acceptors (Lipinski definition) is 2. The number of aromatic nitrogens is 3. The lowest BCUT2D eigenvalue weighted by Gasteiger charge is -2.39. The molecule has 0 fully saturated rings. The molecule has 0 radical (unpaired) electrons. The zero-order valence-electron chi connectivity index (χ0n) is 30.7. The Balaban J connectivity index is 1.04. The number of fused-ring (bicyclic) bond motifs is 12. The molecule has 56 heavy (non-hydrogen) atoms. The monoisotopic (exact) mass is 713 g/mol. The van der Waals surface area contributed by atoms with Gasteiger partial charge >= 0.3 is 0 Å². The van der Waals surface area contributed by atoms with Crippen molar-refractivity contribution < 1.29 is 0 Å². The van der Waals surface area contributed by atoms with Gasteiger partial charge in [0.2, 0.25) is 0 Å². The van der Waals surface area contributed by atoms with E-state index in [0.29, 0.717) is 0 Å². The fourth-order valence-corrected chi connectivity index (χ4v) is 9.84. The first-order valence-corrected chi connectivity index (χ1v) is 19.6. The molecule has 3 heteroatoms. The number of rotatable bonds is 4. The first-order chi connectivity index (χ1) is 27.8. The van der Waals surface area contributed by atoms with Gasteiger partial charge in [-0.1, -0.05) is 164 Å². The zero-order chi connectivity index (χ0) is 36.8. The van der Waals surface area contributed by atoms with E-state index in [0.717, 1.165) is 52.3 Å². The maximum Gasteiger partial charge on any atom is 0.160 e. The van der Waals surface area contributed by atoms with Crippen molar-refractivity contribution in [2.75, 3.05) is 0 Å². The van der Waals surface area contributed by atoms with Gasteiger partial charge in [0.15, 0.2) is 5.82 Å². The summed E-state index contributed by atoms with van der Waals surface area (Å²) >= 11 is 0. The second-order valence-corrected chi connectivity index (χ2v) is 15.2.